The minimum atomic E-state index is -3.29. The van der Waals surface area contributed by atoms with E-state index in [4.69, 9.17) is 5.73 Å². The first-order valence-corrected chi connectivity index (χ1v) is 8.49. The molecule has 0 saturated heterocycles. The van der Waals surface area contributed by atoms with Gasteiger partial charge in [-0.05, 0) is 39.0 Å². The number of nitrogens with one attached hydrogen (secondary N) is 1. The average Bonchev–Trinajstić information content (AvgIpc) is 2.42. The van der Waals surface area contributed by atoms with E-state index in [1.165, 1.54) is 0 Å². The molecule has 0 aromatic heterocycles. The Hall–Kier alpha value is -0.660. The molecular formula is C14H26ClN3O2S. The molecule has 1 atom stereocenters. The maximum absolute atomic E-state index is 12.0. The van der Waals surface area contributed by atoms with E-state index in [9.17, 15) is 8.42 Å². The molecule has 0 saturated carbocycles. The Morgan fingerprint density at radius 2 is 1.81 bits per heavy atom. The van der Waals surface area contributed by atoms with Crippen LogP contribution in [-0.4, -0.2) is 46.3 Å². The molecule has 3 N–H and O–H groups in total. The fourth-order valence-corrected chi connectivity index (χ4v) is 3.30. The lowest BCUT2D eigenvalue weighted by Crippen LogP contribution is -2.35. The van der Waals surface area contributed by atoms with Crippen molar-refractivity contribution in [2.24, 2.45) is 5.73 Å². The Kier molecular flexibility index (Phi) is 9.81. The van der Waals surface area contributed by atoms with Crippen LogP contribution in [0.4, 0.5) is 0 Å². The summed E-state index contributed by atoms with van der Waals surface area (Å²) in [7, 11) is 0.670. The third-order valence-corrected chi connectivity index (χ3v) is 4.50. The van der Waals surface area contributed by atoms with Crippen LogP contribution in [0, 0.1) is 0 Å². The molecule has 0 aliphatic carbocycles. The number of benzene rings is 1. The third kappa shape index (κ3) is 8.38. The number of sulfonamides is 1. The zero-order valence-electron chi connectivity index (χ0n) is 12.7. The second-order valence-corrected chi connectivity index (χ2v) is 7.02. The van der Waals surface area contributed by atoms with Crippen LogP contribution in [-0.2, 0) is 10.0 Å². The van der Waals surface area contributed by atoms with Crippen LogP contribution in [0.1, 0.15) is 24.4 Å². The standard InChI is InChI=1S/C14H25N3O2S.ClH/c1-17(2)10-6-7-11-20(18,19)16-14(12-15)13-8-4-3-5-9-13;/h3-5,8-9,14,16H,6-7,10-12,15H2,1-2H3;1H. The summed E-state index contributed by atoms with van der Waals surface area (Å²) >= 11 is 0. The number of nitrogens with two attached hydrogens (primary N) is 1. The topological polar surface area (TPSA) is 75.4 Å². The second kappa shape index (κ2) is 10.1. The zero-order valence-corrected chi connectivity index (χ0v) is 14.3. The van der Waals surface area contributed by atoms with Gasteiger partial charge in [0.05, 0.1) is 11.8 Å². The van der Waals surface area contributed by atoms with E-state index in [1.54, 1.807) is 0 Å². The summed E-state index contributed by atoms with van der Waals surface area (Å²) in [6.45, 7) is 1.15. The summed E-state index contributed by atoms with van der Waals surface area (Å²) in [6, 6.07) is 9.06. The summed E-state index contributed by atoms with van der Waals surface area (Å²) < 4.78 is 26.8. The van der Waals surface area contributed by atoms with Crippen molar-refractivity contribution in [3.8, 4) is 0 Å². The van der Waals surface area contributed by atoms with Crippen LogP contribution >= 0.6 is 12.4 Å². The SMILES string of the molecule is CN(C)CCCCS(=O)(=O)NC(CN)c1ccccc1.Cl. The van der Waals surface area contributed by atoms with Gasteiger partial charge in [-0.25, -0.2) is 13.1 Å². The number of rotatable bonds is 9. The van der Waals surface area contributed by atoms with Crippen LogP contribution in [0.2, 0.25) is 0 Å². The van der Waals surface area contributed by atoms with Crippen LogP contribution in [0.5, 0.6) is 0 Å². The molecule has 0 heterocycles. The third-order valence-electron chi connectivity index (χ3n) is 3.03. The lowest BCUT2D eigenvalue weighted by Gasteiger charge is -2.17. The first-order valence-electron chi connectivity index (χ1n) is 6.84. The highest BCUT2D eigenvalue weighted by atomic mass is 35.5. The van der Waals surface area contributed by atoms with Crippen LogP contribution in [0.3, 0.4) is 0 Å². The lowest BCUT2D eigenvalue weighted by atomic mass is 10.1. The molecule has 1 aromatic rings. The van der Waals surface area contributed by atoms with Gasteiger partial charge in [0.15, 0.2) is 0 Å². The van der Waals surface area contributed by atoms with Gasteiger partial charge in [-0.2, -0.15) is 0 Å². The molecule has 0 spiro atoms. The molecule has 122 valence electrons. The minimum Gasteiger partial charge on any atom is -0.329 e. The fraction of sp³-hybridized carbons (Fsp3) is 0.571. The molecule has 0 aliphatic heterocycles. The highest BCUT2D eigenvalue weighted by molar-refractivity contribution is 7.89. The molecule has 21 heavy (non-hydrogen) atoms. The van der Waals surface area contributed by atoms with Crippen molar-refractivity contribution in [1.82, 2.24) is 9.62 Å². The molecule has 0 amide bonds. The molecule has 0 aliphatic rings. The molecule has 7 heteroatoms. The Labute approximate surface area is 134 Å². The summed E-state index contributed by atoms with van der Waals surface area (Å²) in [6.07, 6.45) is 1.52. The van der Waals surface area contributed by atoms with Gasteiger partial charge in [0.25, 0.3) is 0 Å². The first-order chi connectivity index (χ1) is 9.44. The number of hydrogen-bond acceptors (Lipinski definition) is 4. The van der Waals surface area contributed by atoms with Crippen LogP contribution in [0.15, 0.2) is 30.3 Å². The second-order valence-electron chi connectivity index (χ2n) is 5.15. The van der Waals surface area contributed by atoms with Gasteiger partial charge in [-0.3, -0.25) is 0 Å². The van der Waals surface area contributed by atoms with Gasteiger partial charge in [0.1, 0.15) is 0 Å². The van der Waals surface area contributed by atoms with Crippen molar-refractivity contribution in [2.75, 3.05) is 32.9 Å². The smallest absolute Gasteiger partial charge is 0.212 e. The molecule has 1 rings (SSSR count). The number of nitrogens with zero attached hydrogens (tertiary/aromatic N) is 1. The molecule has 0 bridgehead atoms. The monoisotopic (exact) mass is 335 g/mol. The van der Waals surface area contributed by atoms with Crippen molar-refractivity contribution in [2.45, 2.75) is 18.9 Å². The van der Waals surface area contributed by atoms with E-state index >= 15 is 0 Å². The highest BCUT2D eigenvalue weighted by Gasteiger charge is 2.17. The summed E-state index contributed by atoms with van der Waals surface area (Å²) in [4.78, 5) is 2.05. The zero-order chi connectivity index (χ0) is 15.0. The van der Waals surface area contributed by atoms with Gasteiger partial charge < -0.3 is 10.6 Å². The van der Waals surface area contributed by atoms with Crippen LogP contribution in [0.25, 0.3) is 0 Å². The van der Waals surface area contributed by atoms with E-state index in [0.29, 0.717) is 6.42 Å². The lowest BCUT2D eigenvalue weighted by molar-refractivity contribution is 0.398. The van der Waals surface area contributed by atoms with Gasteiger partial charge in [-0.1, -0.05) is 30.3 Å². The highest BCUT2D eigenvalue weighted by Crippen LogP contribution is 2.12. The summed E-state index contributed by atoms with van der Waals surface area (Å²) in [5.74, 6) is 0.143. The normalized spacial score (nSPS) is 13.0. The Morgan fingerprint density at radius 3 is 2.33 bits per heavy atom. The van der Waals surface area contributed by atoms with Gasteiger partial charge in [-0.15, -0.1) is 12.4 Å². The fourth-order valence-electron chi connectivity index (χ4n) is 1.93. The molecule has 1 unspecified atom stereocenters. The predicted octanol–water partition coefficient (Wildman–Crippen LogP) is 1.37. The van der Waals surface area contributed by atoms with Gasteiger partial charge in [0, 0.05) is 6.54 Å². The van der Waals surface area contributed by atoms with Crippen molar-refractivity contribution >= 4 is 22.4 Å². The van der Waals surface area contributed by atoms with Crippen molar-refractivity contribution in [3.05, 3.63) is 35.9 Å². The van der Waals surface area contributed by atoms with Gasteiger partial charge in [0.2, 0.25) is 10.0 Å². The van der Waals surface area contributed by atoms with E-state index in [-0.39, 0.29) is 30.7 Å². The van der Waals surface area contributed by atoms with Crippen molar-refractivity contribution in [3.63, 3.8) is 0 Å². The Morgan fingerprint density at radius 1 is 1.19 bits per heavy atom. The molecular weight excluding hydrogens is 310 g/mol. The number of halogens is 1. The largest absolute Gasteiger partial charge is 0.329 e. The summed E-state index contributed by atoms with van der Waals surface area (Å²) in [5, 5.41) is 0. The van der Waals surface area contributed by atoms with E-state index < -0.39 is 10.0 Å². The molecule has 0 fully saturated rings. The quantitative estimate of drug-likeness (QED) is 0.668. The maximum Gasteiger partial charge on any atom is 0.212 e. The maximum atomic E-state index is 12.0. The van der Waals surface area contributed by atoms with Crippen molar-refractivity contribution < 1.29 is 8.42 Å². The van der Waals surface area contributed by atoms with Gasteiger partial charge >= 0.3 is 0 Å². The van der Waals surface area contributed by atoms with Crippen molar-refractivity contribution in [1.29, 1.82) is 0 Å². The predicted molar refractivity (Wildman–Crippen MR) is 90.2 cm³/mol. The molecule has 1 aromatic carbocycles. The van der Waals surface area contributed by atoms with E-state index in [0.717, 1.165) is 18.5 Å². The summed E-state index contributed by atoms with van der Waals surface area (Å²) in [5.41, 5.74) is 6.57. The van der Waals surface area contributed by atoms with E-state index in [1.807, 2.05) is 49.3 Å². The number of hydrogen-bond donors (Lipinski definition) is 2. The number of unbranched alkanes of at least 4 members (excludes halogenated alkanes) is 1. The van der Waals surface area contributed by atoms with E-state index in [2.05, 4.69) is 4.72 Å². The minimum absolute atomic E-state index is 0. The molecule has 0 radical (unpaired) electrons. The Bertz CT molecular complexity index is 480. The Balaban J connectivity index is 0.00000400. The first kappa shape index (κ1) is 20.3. The average molecular weight is 336 g/mol. The molecule has 5 nitrogen and oxygen atoms in total. The van der Waals surface area contributed by atoms with Crippen LogP contribution < -0.4 is 10.5 Å².